The van der Waals surface area contributed by atoms with Crippen LogP contribution in [0.4, 0.5) is 20.4 Å². The van der Waals surface area contributed by atoms with Gasteiger partial charge in [0.2, 0.25) is 5.88 Å². The summed E-state index contributed by atoms with van der Waals surface area (Å²) in [6.45, 7) is 4.12. The van der Waals surface area contributed by atoms with Crippen molar-refractivity contribution in [3.8, 4) is 5.88 Å². The Bertz CT molecular complexity index is 1090. The van der Waals surface area contributed by atoms with Crippen molar-refractivity contribution in [3.05, 3.63) is 71.4 Å². The Morgan fingerprint density at radius 3 is 2.42 bits per heavy atom. The number of ether oxygens (including phenoxy) is 1. The van der Waals surface area contributed by atoms with E-state index >= 15 is 0 Å². The topological polar surface area (TPSA) is 83.5 Å². The summed E-state index contributed by atoms with van der Waals surface area (Å²) in [7, 11) is 0. The fourth-order valence-corrected chi connectivity index (χ4v) is 3.52. The number of nitrogens with zero attached hydrogens (tertiary/aromatic N) is 5. The smallest absolute Gasteiger partial charge is 0.258 e. The predicted octanol–water partition coefficient (Wildman–Crippen LogP) is 2.48. The van der Waals surface area contributed by atoms with Crippen molar-refractivity contribution in [3.63, 3.8) is 0 Å². The van der Waals surface area contributed by atoms with Crippen LogP contribution in [0.25, 0.3) is 0 Å². The number of carbonyl (C=O) groups excluding carboxylic acids is 1. The zero-order valence-electron chi connectivity index (χ0n) is 18.2. The maximum absolute atomic E-state index is 14.0. The molecule has 0 saturated carbocycles. The van der Waals surface area contributed by atoms with E-state index < -0.39 is 17.5 Å². The Kier molecular flexibility index (Phi) is 6.92. The molecule has 1 N–H and O–H groups in total. The van der Waals surface area contributed by atoms with Crippen LogP contribution in [-0.4, -0.2) is 53.9 Å². The lowest BCUT2D eigenvalue weighted by atomic mass is 10.1. The van der Waals surface area contributed by atoms with Crippen molar-refractivity contribution in [1.82, 2.24) is 20.5 Å². The number of hydrogen-bond donors (Lipinski definition) is 1. The van der Waals surface area contributed by atoms with E-state index in [9.17, 15) is 13.6 Å². The van der Waals surface area contributed by atoms with E-state index in [4.69, 9.17) is 4.74 Å². The van der Waals surface area contributed by atoms with Gasteiger partial charge in [-0.2, -0.15) is 0 Å². The Labute approximate surface area is 190 Å². The lowest BCUT2D eigenvalue weighted by molar-refractivity contribution is -0.123. The van der Waals surface area contributed by atoms with Gasteiger partial charge in [0.15, 0.2) is 12.4 Å². The van der Waals surface area contributed by atoms with Crippen LogP contribution >= 0.6 is 0 Å². The normalized spacial score (nSPS) is 13.7. The first-order valence-electron chi connectivity index (χ1n) is 10.6. The van der Waals surface area contributed by atoms with Crippen molar-refractivity contribution in [2.75, 3.05) is 42.6 Å². The number of pyridine rings is 1. The minimum Gasteiger partial charge on any atom is -0.466 e. The second-order valence-corrected chi connectivity index (χ2v) is 7.61. The number of nitrogens with one attached hydrogen (secondary N) is 1. The fourth-order valence-electron chi connectivity index (χ4n) is 3.52. The zero-order chi connectivity index (χ0) is 23.2. The first-order valence-corrected chi connectivity index (χ1v) is 10.6. The standard InChI is InChI=1S/C23H24F2N6O2/c1-16-5-6-18(24)17(23(16)25)14-27-21(32)15-33-22-8-7-20(28-29-22)31-12-10-30(11-13-31)19-4-2-3-9-26-19/h2-9H,10-15H2,1H3,(H,27,32). The Hall–Kier alpha value is -3.82. The average molecular weight is 454 g/mol. The molecule has 1 aromatic carbocycles. The second kappa shape index (κ2) is 10.2. The van der Waals surface area contributed by atoms with Gasteiger partial charge in [0, 0.05) is 50.6 Å². The van der Waals surface area contributed by atoms with Crippen LogP contribution in [0.15, 0.2) is 48.7 Å². The van der Waals surface area contributed by atoms with Crippen molar-refractivity contribution >= 4 is 17.5 Å². The number of aromatic nitrogens is 3. The maximum atomic E-state index is 14.0. The number of rotatable bonds is 7. The minimum absolute atomic E-state index is 0.185. The van der Waals surface area contributed by atoms with Gasteiger partial charge in [-0.15, -0.1) is 10.2 Å². The number of hydrogen-bond acceptors (Lipinski definition) is 7. The SMILES string of the molecule is Cc1ccc(F)c(CNC(=O)COc2ccc(N3CCN(c4ccccn4)CC3)nn2)c1F. The monoisotopic (exact) mass is 454 g/mol. The summed E-state index contributed by atoms with van der Waals surface area (Å²) in [5.41, 5.74) is 0.126. The van der Waals surface area contributed by atoms with Crippen LogP contribution in [0.5, 0.6) is 5.88 Å². The third kappa shape index (κ3) is 5.51. The van der Waals surface area contributed by atoms with Crippen molar-refractivity contribution in [2.24, 2.45) is 0 Å². The summed E-state index contributed by atoms with van der Waals surface area (Å²) < 4.78 is 33.1. The summed E-state index contributed by atoms with van der Waals surface area (Å²) in [4.78, 5) is 20.7. The van der Waals surface area contributed by atoms with Crippen molar-refractivity contribution < 1.29 is 18.3 Å². The molecule has 172 valence electrons. The highest BCUT2D eigenvalue weighted by Gasteiger charge is 2.19. The molecule has 8 nitrogen and oxygen atoms in total. The summed E-state index contributed by atoms with van der Waals surface area (Å²) in [6, 6.07) is 11.8. The Morgan fingerprint density at radius 2 is 1.76 bits per heavy atom. The number of carbonyl (C=O) groups is 1. The van der Waals surface area contributed by atoms with Crippen molar-refractivity contribution in [2.45, 2.75) is 13.5 Å². The largest absolute Gasteiger partial charge is 0.466 e. The van der Waals surface area contributed by atoms with Crippen LogP contribution in [-0.2, 0) is 11.3 Å². The second-order valence-electron chi connectivity index (χ2n) is 7.61. The summed E-state index contributed by atoms with van der Waals surface area (Å²) in [5.74, 6) is -0.0306. The fraction of sp³-hybridized carbons (Fsp3) is 0.304. The van der Waals surface area contributed by atoms with Gasteiger partial charge in [-0.3, -0.25) is 4.79 Å². The molecule has 10 heteroatoms. The van der Waals surface area contributed by atoms with E-state index in [0.717, 1.165) is 37.8 Å². The number of halogens is 2. The van der Waals surface area contributed by atoms with Crippen LogP contribution in [0.1, 0.15) is 11.1 Å². The molecule has 1 saturated heterocycles. The van der Waals surface area contributed by atoms with Gasteiger partial charge in [-0.05, 0) is 36.8 Å². The Balaban J connectivity index is 1.24. The maximum Gasteiger partial charge on any atom is 0.258 e. The molecule has 0 bridgehead atoms. The highest BCUT2D eigenvalue weighted by molar-refractivity contribution is 5.77. The molecule has 0 radical (unpaired) electrons. The molecule has 3 heterocycles. The lowest BCUT2D eigenvalue weighted by Gasteiger charge is -2.35. The van der Waals surface area contributed by atoms with Crippen LogP contribution in [0.3, 0.4) is 0 Å². The van der Waals surface area contributed by atoms with Gasteiger partial charge in [-0.25, -0.2) is 13.8 Å². The molecule has 1 amide bonds. The van der Waals surface area contributed by atoms with Crippen molar-refractivity contribution in [1.29, 1.82) is 0 Å². The number of piperazine rings is 1. The van der Waals surface area contributed by atoms with E-state index in [0.29, 0.717) is 5.56 Å². The Morgan fingerprint density at radius 1 is 1.00 bits per heavy atom. The summed E-state index contributed by atoms with van der Waals surface area (Å²) >= 11 is 0. The summed E-state index contributed by atoms with van der Waals surface area (Å²) in [6.07, 6.45) is 1.78. The third-order valence-electron chi connectivity index (χ3n) is 5.40. The molecule has 3 aromatic rings. The first-order chi connectivity index (χ1) is 16.0. The molecule has 1 fully saturated rings. The number of anilines is 2. The van der Waals surface area contributed by atoms with E-state index in [1.54, 1.807) is 18.3 Å². The highest BCUT2D eigenvalue weighted by Crippen LogP contribution is 2.18. The van der Waals surface area contributed by atoms with Gasteiger partial charge in [0.05, 0.1) is 0 Å². The molecule has 33 heavy (non-hydrogen) atoms. The third-order valence-corrected chi connectivity index (χ3v) is 5.40. The minimum atomic E-state index is -0.707. The van der Waals surface area contributed by atoms with E-state index in [-0.39, 0.29) is 24.6 Å². The van der Waals surface area contributed by atoms with Crippen LogP contribution in [0, 0.1) is 18.6 Å². The average Bonchev–Trinajstić information content (AvgIpc) is 2.86. The number of aryl methyl sites for hydroxylation is 1. The lowest BCUT2D eigenvalue weighted by Crippen LogP contribution is -2.47. The molecule has 2 aromatic heterocycles. The van der Waals surface area contributed by atoms with E-state index in [1.807, 2.05) is 18.2 Å². The quantitative estimate of drug-likeness (QED) is 0.587. The molecule has 0 spiro atoms. The van der Waals surface area contributed by atoms with Gasteiger partial charge >= 0.3 is 0 Å². The molecule has 1 aliphatic rings. The predicted molar refractivity (Wildman–Crippen MR) is 119 cm³/mol. The van der Waals surface area contributed by atoms with Crippen LogP contribution in [0.2, 0.25) is 0 Å². The van der Waals surface area contributed by atoms with Gasteiger partial charge in [0.1, 0.15) is 17.5 Å². The molecule has 1 aliphatic heterocycles. The molecule has 0 atom stereocenters. The van der Waals surface area contributed by atoms with Gasteiger partial charge < -0.3 is 19.9 Å². The van der Waals surface area contributed by atoms with Crippen LogP contribution < -0.4 is 19.9 Å². The molecule has 4 rings (SSSR count). The number of amides is 1. The van der Waals surface area contributed by atoms with Gasteiger partial charge in [-0.1, -0.05) is 12.1 Å². The zero-order valence-corrected chi connectivity index (χ0v) is 18.2. The molecular formula is C23H24F2N6O2. The van der Waals surface area contributed by atoms with E-state index in [2.05, 4.69) is 30.3 Å². The number of benzene rings is 1. The molecular weight excluding hydrogens is 430 g/mol. The van der Waals surface area contributed by atoms with E-state index in [1.165, 1.54) is 19.1 Å². The molecule has 0 aliphatic carbocycles. The van der Waals surface area contributed by atoms with Gasteiger partial charge in [0.25, 0.3) is 5.91 Å². The molecule has 0 unspecified atom stereocenters. The highest BCUT2D eigenvalue weighted by atomic mass is 19.1. The summed E-state index contributed by atoms with van der Waals surface area (Å²) in [5, 5.41) is 10.7. The first kappa shape index (κ1) is 22.4.